The molecule has 4 rings (SSSR count). The van der Waals surface area contributed by atoms with Crippen LogP contribution in [-0.2, 0) is 6.54 Å². The molecule has 3 N–H and O–H groups in total. The highest BCUT2D eigenvalue weighted by Crippen LogP contribution is 2.30. The van der Waals surface area contributed by atoms with Crippen molar-refractivity contribution in [3.05, 3.63) is 47.7 Å². The molecule has 9 nitrogen and oxygen atoms in total. The highest BCUT2D eigenvalue weighted by molar-refractivity contribution is 5.69. The summed E-state index contributed by atoms with van der Waals surface area (Å²) in [6, 6.07) is 4.09. The molecule has 0 saturated carbocycles. The van der Waals surface area contributed by atoms with Crippen LogP contribution >= 0.6 is 0 Å². The van der Waals surface area contributed by atoms with Crippen LogP contribution in [0.2, 0.25) is 0 Å². The van der Waals surface area contributed by atoms with Crippen molar-refractivity contribution in [1.82, 2.24) is 30.2 Å². The maximum atomic E-state index is 7.67. The minimum atomic E-state index is -0.106. The monoisotopic (exact) mass is 365 g/mol. The molecule has 0 saturated heterocycles. The van der Waals surface area contributed by atoms with Crippen LogP contribution in [0.3, 0.4) is 0 Å². The van der Waals surface area contributed by atoms with Gasteiger partial charge in [-0.15, -0.1) is 5.53 Å². The van der Waals surface area contributed by atoms with E-state index in [1.165, 1.54) is 6.21 Å². The molecule has 0 amide bonds. The summed E-state index contributed by atoms with van der Waals surface area (Å²) < 4.78 is 2.08. The van der Waals surface area contributed by atoms with Crippen molar-refractivity contribution in [1.29, 1.82) is 5.41 Å². The van der Waals surface area contributed by atoms with Crippen molar-refractivity contribution >= 4 is 23.5 Å². The highest BCUT2D eigenvalue weighted by atomic mass is 15.8. The first-order chi connectivity index (χ1) is 13.1. The van der Waals surface area contributed by atoms with Gasteiger partial charge in [0.15, 0.2) is 11.6 Å². The van der Waals surface area contributed by atoms with Crippen molar-refractivity contribution in [3.8, 4) is 0 Å². The Labute approximate surface area is 157 Å². The number of hydrogen-bond acceptors (Lipinski definition) is 8. The number of aryl methyl sites for hydroxylation is 1. The number of hydrazine groups is 2. The lowest BCUT2D eigenvalue weighted by molar-refractivity contribution is 0.641. The van der Waals surface area contributed by atoms with Crippen molar-refractivity contribution in [3.63, 3.8) is 0 Å². The Morgan fingerprint density at radius 3 is 2.89 bits per heavy atom. The topological polar surface area (TPSA) is 97.5 Å². The summed E-state index contributed by atoms with van der Waals surface area (Å²) in [5, 5.41) is 14.6. The molecule has 0 radical (unpaired) electrons. The average molecular weight is 365 g/mol. The van der Waals surface area contributed by atoms with Gasteiger partial charge in [-0.05, 0) is 25.6 Å². The van der Waals surface area contributed by atoms with Crippen LogP contribution in [0.4, 0.5) is 11.6 Å². The SMILES string of the molecule is CNCC(C=N)c1cnc2c(n1)N(Cc1ccc3ncc(C)n3c1)NN2C. The predicted molar refractivity (Wildman–Crippen MR) is 105 cm³/mol. The third-order valence-corrected chi connectivity index (χ3v) is 4.70. The largest absolute Gasteiger partial charge is 0.319 e. The molecule has 3 aromatic rings. The van der Waals surface area contributed by atoms with Gasteiger partial charge in [0.05, 0.1) is 24.4 Å². The summed E-state index contributed by atoms with van der Waals surface area (Å²) in [4.78, 5) is 13.7. The van der Waals surface area contributed by atoms with E-state index in [-0.39, 0.29) is 5.92 Å². The first-order valence-electron chi connectivity index (χ1n) is 8.83. The quantitative estimate of drug-likeness (QED) is 0.566. The third-order valence-electron chi connectivity index (χ3n) is 4.70. The summed E-state index contributed by atoms with van der Waals surface area (Å²) in [7, 11) is 3.78. The molecule has 1 aliphatic heterocycles. The number of nitrogens with one attached hydrogen (secondary N) is 3. The minimum absolute atomic E-state index is 0.106. The molecule has 9 heteroatoms. The van der Waals surface area contributed by atoms with Gasteiger partial charge in [0, 0.05) is 37.9 Å². The standard InChI is InChI=1S/C18H23N9/c1-12-7-21-16-5-4-13(10-26(12)16)11-27-18-17(25(3)24-27)22-9-15(23-18)14(6-19)8-20-2/h4-7,9-10,14,19-20,24H,8,11H2,1-3H3. The fourth-order valence-electron chi connectivity index (χ4n) is 3.26. The molecular weight excluding hydrogens is 342 g/mol. The van der Waals surface area contributed by atoms with E-state index < -0.39 is 0 Å². The van der Waals surface area contributed by atoms with Gasteiger partial charge in [-0.2, -0.15) is 0 Å². The van der Waals surface area contributed by atoms with Gasteiger partial charge in [0.25, 0.3) is 0 Å². The molecule has 1 aliphatic rings. The van der Waals surface area contributed by atoms with E-state index in [0.29, 0.717) is 13.1 Å². The Kier molecular flexibility index (Phi) is 4.46. The van der Waals surface area contributed by atoms with E-state index in [0.717, 1.165) is 34.2 Å². The van der Waals surface area contributed by atoms with Crippen molar-refractivity contribution in [2.45, 2.75) is 19.4 Å². The van der Waals surface area contributed by atoms with Gasteiger partial charge in [-0.3, -0.25) is 10.0 Å². The second-order valence-electron chi connectivity index (χ2n) is 6.68. The van der Waals surface area contributed by atoms with Crippen molar-refractivity contribution in [2.24, 2.45) is 0 Å². The van der Waals surface area contributed by atoms with Crippen LogP contribution in [-0.4, -0.2) is 46.2 Å². The molecule has 0 fully saturated rings. The second kappa shape index (κ2) is 6.93. The fraction of sp³-hybridized carbons (Fsp3) is 0.333. The Hall–Kier alpha value is -3.04. The van der Waals surface area contributed by atoms with Gasteiger partial charge in [-0.25, -0.2) is 15.0 Å². The Morgan fingerprint density at radius 1 is 1.26 bits per heavy atom. The van der Waals surface area contributed by atoms with Crippen LogP contribution in [0.25, 0.3) is 5.65 Å². The van der Waals surface area contributed by atoms with Crippen LogP contribution in [0.15, 0.2) is 30.7 Å². The van der Waals surface area contributed by atoms with Crippen LogP contribution < -0.4 is 20.9 Å². The van der Waals surface area contributed by atoms with Crippen LogP contribution in [0.5, 0.6) is 0 Å². The lowest BCUT2D eigenvalue weighted by atomic mass is 10.1. The lowest BCUT2D eigenvalue weighted by Gasteiger charge is -2.19. The smallest absolute Gasteiger partial charge is 0.189 e. The normalized spacial score (nSPS) is 14.6. The number of fused-ring (bicyclic) bond motifs is 2. The molecular formula is C18H23N9. The first-order valence-corrected chi connectivity index (χ1v) is 8.83. The summed E-state index contributed by atoms with van der Waals surface area (Å²) >= 11 is 0. The second-order valence-corrected chi connectivity index (χ2v) is 6.68. The highest BCUT2D eigenvalue weighted by Gasteiger charge is 2.28. The summed E-state index contributed by atoms with van der Waals surface area (Å²) in [6.45, 7) is 3.32. The Balaban J connectivity index is 1.65. The first kappa shape index (κ1) is 17.4. The third kappa shape index (κ3) is 3.11. The zero-order valence-corrected chi connectivity index (χ0v) is 15.6. The number of aromatic nitrogens is 4. The van der Waals surface area contributed by atoms with Gasteiger partial charge in [-0.1, -0.05) is 6.07 Å². The Bertz CT molecular complexity index is 980. The van der Waals surface area contributed by atoms with E-state index >= 15 is 0 Å². The molecule has 140 valence electrons. The number of hydrogen-bond donors (Lipinski definition) is 3. The zero-order valence-electron chi connectivity index (χ0n) is 15.6. The number of pyridine rings is 1. The summed E-state index contributed by atoms with van der Waals surface area (Å²) in [5.41, 5.74) is 7.23. The maximum Gasteiger partial charge on any atom is 0.189 e. The fourth-order valence-corrected chi connectivity index (χ4v) is 3.26. The van der Waals surface area contributed by atoms with E-state index in [1.807, 2.05) is 43.3 Å². The van der Waals surface area contributed by atoms with Gasteiger partial charge < -0.3 is 15.1 Å². The molecule has 0 aromatic carbocycles. The number of nitrogens with zero attached hydrogens (tertiary/aromatic N) is 6. The molecule has 0 bridgehead atoms. The van der Waals surface area contributed by atoms with E-state index in [2.05, 4.69) is 37.5 Å². The van der Waals surface area contributed by atoms with Crippen LogP contribution in [0.1, 0.15) is 22.9 Å². The van der Waals surface area contributed by atoms with Gasteiger partial charge >= 0.3 is 0 Å². The van der Waals surface area contributed by atoms with Gasteiger partial charge in [0.2, 0.25) is 0 Å². The number of rotatable bonds is 6. The molecule has 1 unspecified atom stereocenters. The summed E-state index contributed by atoms with van der Waals surface area (Å²) in [5.74, 6) is 1.43. The zero-order chi connectivity index (χ0) is 19.0. The number of anilines is 2. The predicted octanol–water partition coefficient (Wildman–Crippen LogP) is 1.26. The van der Waals surface area contributed by atoms with Crippen molar-refractivity contribution in [2.75, 3.05) is 30.7 Å². The Morgan fingerprint density at radius 2 is 2.11 bits per heavy atom. The summed E-state index contributed by atoms with van der Waals surface area (Å²) in [6.07, 6.45) is 7.11. The molecule has 1 atom stereocenters. The van der Waals surface area contributed by atoms with Crippen molar-refractivity contribution < 1.29 is 0 Å². The molecule has 0 aliphatic carbocycles. The molecule has 27 heavy (non-hydrogen) atoms. The van der Waals surface area contributed by atoms with Gasteiger partial charge in [0.1, 0.15) is 5.65 Å². The lowest BCUT2D eigenvalue weighted by Crippen LogP contribution is -2.42. The molecule has 4 heterocycles. The number of imidazole rings is 1. The van der Waals surface area contributed by atoms with E-state index in [1.54, 1.807) is 6.20 Å². The number of likely N-dealkylation sites (N-methyl/N-ethyl adjacent to an activating group) is 1. The molecule has 3 aromatic heterocycles. The minimum Gasteiger partial charge on any atom is -0.319 e. The van der Waals surface area contributed by atoms with E-state index in [4.69, 9.17) is 10.4 Å². The van der Waals surface area contributed by atoms with Crippen LogP contribution in [0, 0.1) is 12.3 Å². The van der Waals surface area contributed by atoms with E-state index in [9.17, 15) is 0 Å². The molecule has 0 spiro atoms. The average Bonchev–Trinajstić information content (AvgIpc) is 3.20. The maximum absolute atomic E-state index is 7.67.